The van der Waals surface area contributed by atoms with E-state index < -0.39 is 0 Å². The van der Waals surface area contributed by atoms with E-state index in [1.807, 2.05) is 6.07 Å². The molecule has 0 saturated heterocycles. The molecule has 1 unspecified atom stereocenters. The Morgan fingerprint density at radius 1 is 1.33 bits per heavy atom. The molecule has 0 heterocycles. The van der Waals surface area contributed by atoms with Gasteiger partial charge in [0, 0.05) is 19.0 Å². The molecule has 0 aromatic heterocycles. The summed E-state index contributed by atoms with van der Waals surface area (Å²) in [5.74, 6) is 0. The number of nitrogens with one attached hydrogen (secondary N) is 1. The van der Waals surface area contributed by atoms with Crippen molar-refractivity contribution in [3.05, 3.63) is 35.9 Å². The van der Waals surface area contributed by atoms with Crippen LogP contribution in [0, 0.1) is 11.3 Å². The van der Waals surface area contributed by atoms with Crippen molar-refractivity contribution in [1.82, 2.24) is 5.32 Å². The molecule has 2 nitrogen and oxygen atoms in total. The van der Waals surface area contributed by atoms with Gasteiger partial charge in [-0.15, -0.1) is 0 Å². The van der Waals surface area contributed by atoms with Crippen LogP contribution in [0.3, 0.4) is 0 Å². The molecule has 15 heavy (non-hydrogen) atoms. The van der Waals surface area contributed by atoms with E-state index in [0.717, 1.165) is 19.4 Å². The molecule has 2 heteroatoms. The average Bonchev–Trinajstić information content (AvgIpc) is 2.28. The summed E-state index contributed by atoms with van der Waals surface area (Å²) < 4.78 is 0. The first-order chi connectivity index (χ1) is 7.33. The molecule has 1 aromatic carbocycles. The zero-order chi connectivity index (χ0) is 10.9. The highest BCUT2D eigenvalue weighted by molar-refractivity contribution is 5.14. The molecule has 80 valence electrons. The van der Waals surface area contributed by atoms with Crippen molar-refractivity contribution < 1.29 is 0 Å². The molecular formula is C13H18N2. The van der Waals surface area contributed by atoms with Gasteiger partial charge in [0.25, 0.3) is 0 Å². The highest BCUT2D eigenvalue weighted by atomic mass is 14.9. The number of aryl methyl sites for hydroxylation is 1. The van der Waals surface area contributed by atoms with Crippen LogP contribution in [0.1, 0.15) is 25.3 Å². The number of rotatable bonds is 6. The number of hydrogen-bond donors (Lipinski definition) is 1. The Balaban J connectivity index is 2.17. The lowest BCUT2D eigenvalue weighted by Crippen LogP contribution is -2.27. The zero-order valence-corrected chi connectivity index (χ0v) is 9.24. The van der Waals surface area contributed by atoms with Crippen LogP contribution in [-0.4, -0.2) is 12.6 Å². The van der Waals surface area contributed by atoms with Crippen molar-refractivity contribution in [3.63, 3.8) is 0 Å². The summed E-state index contributed by atoms with van der Waals surface area (Å²) in [4.78, 5) is 0. The van der Waals surface area contributed by atoms with Gasteiger partial charge in [-0.25, -0.2) is 0 Å². The second-order valence-corrected chi connectivity index (χ2v) is 3.79. The predicted octanol–water partition coefficient (Wildman–Crippen LogP) is 2.51. The molecule has 0 aliphatic heterocycles. The van der Waals surface area contributed by atoms with Crippen LogP contribution in [0.4, 0.5) is 0 Å². The first-order valence-corrected chi connectivity index (χ1v) is 5.47. The third-order valence-electron chi connectivity index (χ3n) is 2.44. The number of nitriles is 1. The van der Waals surface area contributed by atoms with Gasteiger partial charge in [0.05, 0.1) is 6.07 Å². The van der Waals surface area contributed by atoms with Crippen molar-refractivity contribution >= 4 is 0 Å². The molecule has 0 fully saturated rings. The maximum absolute atomic E-state index is 8.40. The van der Waals surface area contributed by atoms with Crippen LogP contribution in [0.15, 0.2) is 30.3 Å². The van der Waals surface area contributed by atoms with E-state index in [0.29, 0.717) is 12.5 Å². The third-order valence-corrected chi connectivity index (χ3v) is 2.44. The molecule has 0 amide bonds. The van der Waals surface area contributed by atoms with Crippen LogP contribution in [0.25, 0.3) is 0 Å². The fraction of sp³-hybridized carbons (Fsp3) is 0.462. The van der Waals surface area contributed by atoms with Gasteiger partial charge in [-0.1, -0.05) is 30.3 Å². The zero-order valence-electron chi connectivity index (χ0n) is 9.24. The van der Waals surface area contributed by atoms with Crippen molar-refractivity contribution in [3.8, 4) is 6.07 Å². The highest BCUT2D eigenvalue weighted by Crippen LogP contribution is 2.04. The first-order valence-electron chi connectivity index (χ1n) is 5.47. The summed E-state index contributed by atoms with van der Waals surface area (Å²) in [5.41, 5.74) is 1.38. The van der Waals surface area contributed by atoms with Crippen LogP contribution >= 0.6 is 0 Å². The Kier molecular flexibility index (Phi) is 5.50. The number of benzene rings is 1. The molecule has 0 radical (unpaired) electrons. The molecule has 1 atom stereocenters. The Morgan fingerprint density at radius 3 is 2.73 bits per heavy atom. The monoisotopic (exact) mass is 202 g/mol. The van der Waals surface area contributed by atoms with Gasteiger partial charge in [-0.05, 0) is 25.3 Å². The lowest BCUT2D eigenvalue weighted by molar-refractivity contribution is 0.521. The molecule has 1 rings (SSSR count). The summed E-state index contributed by atoms with van der Waals surface area (Å²) in [7, 11) is 0. The quantitative estimate of drug-likeness (QED) is 0.719. The van der Waals surface area contributed by atoms with Crippen LogP contribution in [0.5, 0.6) is 0 Å². The van der Waals surface area contributed by atoms with Gasteiger partial charge in [0.15, 0.2) is 0 Å². The third kappa shape index (κ3) is 5.19. The van der Waals surface area contributed by atoms with Crippen molar-refractivity contribution in [2.75, 3.05) is 6.54 Å². The maximum Gasteiger partial charge on any atom is 0.0635 e. The molecule has 0 bridgehead atoms. The summed E-state index contributed by atoms with van der Waals surface area (Å²) in [6, 6.07) is 13.1. The Morgan fingerprint density at radius 2 is 2.07 bits per heavy atom. The van der Waals surface area contributed by atoms with Gasteiger partial charge < -0.3 is 5.32 Å². The maximum atomic E-state index is 8.40. The van der Waals surface area contributed by atoms with E-state index in [1.54, 1.807) is 0 Å². The lowest BCUT2D eigenvalue weighted by atomic mass is 10.1. The topological polar surface area (TPSA) is 35.8 Å². The van der Waals surface area contributed by atoms with Crippen LogP contribution in [0.2, 0.25) is 0 Å². The summed E-state index contributed by atoms with van der Waals surface area (Å²) in [6.07, 6.45) is 2.81. The van der Waals surface area contributed by atoms with Crippen molar-refractivity contribution in [2.45, 2.75) is 32.2 Å². The molecule has 1 N–H and O–H groups in total. The van der Waals surface area contributed by atoms with Crippen LogP contribution in [-0.2, 0) is 6.42 Å². The molecule has 0 aliphatic carbocycles. The van der Waals surface area contributed by atoms with E-state index in [9.17, 15) is 0 Å². The first kappa shape index (κ1) is 11.7. The van der Waals surface area contributed by atoms with Gasteiger partial charge in [0.2, 0.25) is 0 Å². The fourth-order valence-electron chi connectivity index (χ4n) is 1.50. The normalized spacial score (nSPS) is 12.0. The molecule has 1 aromatic rings. The molecule has 0 saturated carbocycles. The summed E-state index contributed by atoms with van der Waals surface area (Å²) in [5, 5.41) is 11.7. The lowest BCUT2D eigenvalue weighted by Gasteiger charge is -2.12. The minimum absolute atomic E-state index is 0.485. The van der Waals surface area contributed by atoms with E-state index in [1.165, 1.54) is 5.56 Å². The second-order valence-electron chi connectivity index (χ2n) is 3.79. The standard InChI is InChI=1S/C13H18N2/c1-12(15-11-5-10-14)8-9-13-6-3-2-4-7-13/h2-4,6-7,12,15H,5,8-9,11H2,1H3. The Hall–Kier alpha value is -1.33. The Bertz CT molecular complexity index is 300. The van der Waals surface area contributed by atoms with Crippen LogP contribution < -0.4 is 5.32 Å². The fourth-order valence-corrected chi connectivity index (χ4v) is 1.50. The molecular weight excluding hydrogens is 184 g/mol. The minimum atomic E-state index is 0.485. The molecule has 0 aliphatic rings. The SMILES string of the molecule is CC(CCc1ccccc1)NCCC#N. The number of nitrogens with zero attached hydrogens (tertiary/aromatic N) is 1. The summed E-state index contributed by atoms with van der Waals surface area (Å²) in [6.45, 7) is 2.97. The van der Waals surface area contributed by atoms with E-state index in [-0.39, 0.29) is 0 Å². The van der Waals surface area contributed by atoms with E-state index >= 15 is 0 Å². The van der Waals surface area contributed by atoms with E-state index in [4.69, 9.17) is 5.26 Å². The highest BCUT2D eigenvalue weighted by Gasteiger charge is 2.00. The molecule has 0 spiro atoms. The number of hydrogen-bond acceptors (Lipinski definition) is 2. The second kappa shape index (κ2) is 7.03. The average molecular weight is 202 g/mol. The predicted molar refractivity (Wildman–Crippen MR) is 62.5 cm³/mol. The largest absolute Gasteiger partial charge is 0.313 e. The summed E-state index contributed by atoms with van der Waals surface area (Å²) >= 11 is 0. The van der Waals surface area contributed by atoms with Gasteiger partial charge >= 0.3 is 0 Å². The van der Waals surface area contributed by atoms with Crippen molar-refractivity contribution in [1.29, 1.82) is 5.26 Å². The van der Waals surface area contributed by atoms with Gasteiger partial charge in [0.1, 0.15) is 0 Å². The van der Waals surface area contributed by atoms with Gasteiger partial charge in [-0.2, -0.15) is 5.26 Å². The van der Waals surface area contributed by atoms with Gasteiger partial charge in [-0.3, -0.25) is 0 Å². The Labute approximate surface area is 91.9 Å². The minimum Gasteiger partial charge on any atom is -0.313 e. The van der Waals surface area contributed by atoms with E-state index in [2.05, 4.69) is 42.6 Å². The van der Waals surface area contributed by atoms with Crippen molar-refractivity contribution in [2.24, 2.45) is 0 Å². The smallest absolute Gasteiger partial charge is 0.0635 e.